The molecule has 1 amide bonds. The fourth-order valence-corrected chi connectivity index (χ4v) is 1.74. The first-order chi connectivity index (χ1) is 9.16. The van der Waals surface area contributed by atoms with E-state index in [0.29, 0.717) is 5.75 Å². The maximum absolute atomic E-state index is 11.8. The summed E-state index contributed by atoms with van der Waals surface area (Å²) in [5, 5.41) is 2.86. The van der Waals surface area contributed by atoms with Crippen molar-refractivity contribution in [2.24, 2.45) is 0 Å². The first-order valence-electron chi connectivity index (χ1n) is 6.21. The number of benzene rings is 2. The third-order valence-corrected chi connectivity index (χ3v) is 2.99. The molecule has 1 N–H and O–H groups in total. The molecule has 0 aromatic heterocycles. The summed E-state index contributed by atoms with van der Waals surface area (Å²) in [5.74, 6) is 0.538. The van der Waals surface area contributed by atoms with Gasteiger partial charge in [-0.2, -0.15) is 0 Å². The lowest BCUT2D eigenvalue weighted by Gasteiger charge is -2.11. The number of aryl methyl sites for hydroxylation is 1. The van der Waals surface area contributed by atoms with Crippen LogP contribution < -0.4 is 10.1 Å². The Hall–Kier alpha value is -2.29. The summed E-state index contributed by atoms with van der Waals surface area (Å²) in [4.78, 5) is 11.8. The highest BCUT2D eigenvalue weighted by molar-refractivity contribution is 5.92. The van der Waals surface area contributed by atoms with Crippen molar-refractivity contribution in [1.82, 2.24) is 0 Å². The second-order valence-corrected chi connectivity index (χ2v) is 4.40. The van der Waals surface area contributed by atoms with Gasteiger partial charge in [-0.25, -0.2) is 0 Å². The molecular formula is C16H17NO2. The zero-order chi connectivity index (χ0) is 13.7. The molecule has 3 heteroatoms. The van der Waals surface area contributed by atoms with E-state index in [9.17, 15) is 4.79 Å². The summed E-state index contributed by atoms with van der Waals surface area (Å²) in [5.41, 5.74) is 3.07. The van der Waals surface area contributed by atoms with Crippen LogP contribution in [0.3, 0.4) is 0 Å². The van der Waals surface area contributed by atoms with Gasteiger partial charge in [-0.1, -0.05) is 30.3 Å². The van der Waals surface area contributed by atoms with Gasteiger partial charge in [0.25, 0.3) is 5.91 Å². The normalized spacial score (nSPS) is 10.0. The van der Waals surface area contributed by atoms with Gasteiger partial charge in [-0.05, 0) is 43.2 Å². The van der Waals surface area contributed by atoms with Crippen LogP contribution >= 0.6 is 0 Å². The average Bonchev–Trinajstić information content (AvgIpc) is 2.43. The Morgan fingerprint density at radius 3 is 2.53 bits per heavy atom. The van der Waals surface area contributed by atoms with E-state index in [0.717, 1.165) is 16.8 Å². The van der Waals surface area contributed by atoms with E-state index in [-0.39, 0.29) is 12.5 Å². The number of nitrogens with one attached hydrogen (secondary N) is 1. The average molecular weight is 255 g/mol. The number of anilines is 1. The topological polar surface area (TPSA) is 38.3 Å². The van der Waals surface area contributed by atoms with Crippen LogP contribution in [-0.2, 0) is 4.79 Å². The van der Waals surface area contributed by atoms with E-state index in [1.54, 1.807) is 0 Å². The molecular weight excluding hydrogens is 238 g/mol. The molecule has 0 spiro atoms. The number of amides is 1. The third kappa shape index (κ3) is 3.58. The Kier molecular flexibility index (Phi) is 4.18. The smallest absolute Gasteiger partial charge is 0.262 e. The van der Waals surface area contributed by atoms with Gasteiger partial charge < -0.3 is 10.1 Å². The largest absolute Gasteiger partial charge is 0.484 e. The molecule has 98 valence electrons. The fraction of sp³-hybridized carbons (Fsp3) is 0.188. The quantitative estimate of drug-likeness (QED) is 0.910. The molecule has 0 atom stereocenters. The van der Waals surface area contributed by atoms with Crippen molar-refractivity contribution in [3.05, 3.63) is 59.7 Å². The van der Waals surface area contributed by atoms with Crippen LogP contribution in [0.4, 0.5) is 5.69 Å². The predicted molar refractivity (Wildman–Crippen MR) is 76.5 cm³/mol. The lowest BCUT2D eigenvalue weighted by Crippen LogP contribution is -2.20. The second-order valence-electron chi connectivity index (χ2n) is 4.40. The minimum absolute atomic E-state index is 0.0113. The van der Waals surface area contributed by atoms with Gasteiger partial charge in [0.15, 0.2) is 6.61 Å². The summed E-state index contributed by atoms with van der Waals surface area (Å²) in [6, 6.07) is 15.1. The first-order valence-corrected chi connectivity index (χ1v) is 6.21. The monoisotopic (exact) mass is 255 g/mol. The summed E-state index contributed by atoms with van der Waals surface area (Å²) in [7, 11) is 0. The van der Waals surface area contributed by atoms with Crippen molar-refractivity contribution in [1.29, 1.82) is 0 Å². The van der Waals surface area contributed by atoms with Crippen molar-refractivity contribution < 1.29 is 9.53 Å². The molecule has 0 aliphatic carbocycles. The number of carbonyl (C=O) groups excluding carboxylic acids is 1. The lowest BCUT2D eigenvalue weighted by molar-refractivity contribution is -0.118. The molecule has 0 fully saturated rings. The minimum atomic E-state index is -0.155. The van der Waals surface area contributed by atoms with E-state index in [2.05, 4.69) is 5.32 Å². The van der Waals surface area contributed by atoms with Gasteiger partial charge in [-0.3, -0.25) is 4.79 Å². The number of ether oxygens (including phenoxy) is 1. The van der Waals surface area contributed by atoms with Crippen molar-refractivity contribution in [3.8, 4) is 5.75 Å². The first kappa shape index (κ1) is 13.1. The van der Waals surface area contributed by atoms with Crippen LogP contribution in [0.2, 0.25) is 0 Å². The van der Waals surface area contributed by atoms with Crippen LogP contribution in [0.5, 0.6) is 5.75 Å². The van der Waals surface area contributed by atoms with E-state index in [1.165, 1.54) is 0 Å². The molecule has 0 saturated carbocycles. The number of hydrogen-bond donors (Lipinski definition) is 1. The summed E-state index contributed by atoms with van der Waals surface area (Å²) in [6.07, 6.45) is 0. The Morgan fingerprint density at radius 2 is 1.79 bits per heavy atom. The van der Waals surface area contributed by atoms with Crippen molar-refractivity contribution in [3.63, 3.8) is 0 Å². The lowest BCUT2D eigenvalue weighted by atomic mass is 10.1. The number of carbonyl (C=O) groups is 1. The van der Waals surface area contributed by atoms with Crippen LogP contribution in [0.15, 0.2) is 48.5 Å². The van der Waals surface area contributed by atoms with E-state index < -0.39 is 0 Å². The molecule has 0 heterocycles. The Bertz CT molecular complexity index is 564. The molecule has 2 rings (SSSR count). The number of para-hydroxylation sites is 1. The number of rotatable bonds is 4. The van der Waals surface area contributed by atoms with E-state index in [1.807, 2.05) is 62.4 Å². The highest BCUT2D eigenvalue weighted by Crippen LogP contribution is 2.17. The van der Waals surface area contributed by atoms with Crippen molar-refractivity contribution in [2.75, 3.05) is 11.9 Å². The third-order valence-electron chi connectivity index (χ3n) is 2.99. The van der Waals surface area contributed by atoms with Gasteiger partial charge in [0.1, 0.15) is 5.75 Å². The fourth-order valence-electron chi connectivity index (χ4n) is 1.74. The Morgan fingerprint density at radius 1 is 1.05 bits per heavy atom. The van der Waals surface area contributed by atoms with E-state index >= 15 is 0 Å². The van der Waals surface area contributed by atoms with Crippen LogP contribution in [-0.4, -0.2) is 12.5 Å². The highest BCUT2D eigenvalue weighted by Gasteiger charge is 2.06. The van der Waals surface area contributed by atoms with Gasteiger partial charge >= 0.3 is 0 Å². The van der Waals surface area contributed by atoms with Crippen LogP contribution in [0, 0.1) is 13.8 Å². The maximum Gasteiger partial charge on any atom is 0.262 e. The number of hydrogen-bond acceptors (Lipinski definition) is 2. The molecule has 2 aromatic rings. The highest BCUT2D eigenvalue weighted by atomic mass is 16.5. The zero-order valence-electron chi connectivity index (χ0n) is 11.1. The molecule has 19 heavy (non-hydrogen) atoms. The molecule has 0 aliphatic heterocycles. The minimum Gasteiger partial charge on any atom is -0.484 e. The molecule has 0 aliphatic rings. The molecule has 0 unspecified atom stereocenters. The Balaban J connectivity index is 1.93. The maximum atomic E-state index is 11.8. The standard InChI is InChI=1S/C16H17NO2/c1-12-7-6-10-15(13(12)2)17-16(18)11-19-14-8-4-3-5-9-14/h3-10H,11H2,1-2H3,(H,17,18). The van der Waals surface area contributed by atoms with Crippen LogP contribution in [0.1, 0.15) is 11.1 Å². The van der Waals surface area contributed by atoms with Crippen molar-refractivity contribution in [2.45, 2.75) is 13.8 Å². The van der Waals surface area contributed by atoms with Gasteiger partial charge in [-0.15, -0.1) is 0 Å². The molecule has 2 aromatic carbocycles. The molecule has 0 bridgehead atoms. The molecule has 3 nitrogen and oxygen atoms in total. The molecule has 0 radical (unpaired) electrons. The summed E-state index contributed by atoms with van der Waals surface area (Å²) < 4.78 is 5.40. The summed E-state index contributed by atoms with van der Waals surface area (Å²) in [6.45, 7) is 4.02. The Labute approximate surface area is 113 Å². The van der Waals surface area contributed by atoms with Gasteiger partial charge in [0, 0.05) is 5.69 Å². The SMILES string of the molecule is Cc1cccc(NC(=O)COc2ccccc2)c1C. The van der Waals surface area contributed by atoms with Gasteiger partial charge in [0.2, 0.25) is 0 Å². The predicted octanol–water partition coefficient (Wildman–Crippen LogP) is 3.32. The van der Waals surface area contributed by atoms with E-state index in [4.69, 9.17) is 4.74 Å². The van der Waals surface area contributed by atoms with Crippen LogP contribution in [0.25, 0.3) is 0 Å². The van der Waals surface area contributed by atoms with Gasteiger partial charge in [0.05, 0.1) is 0 Å². The van der Waals surface area contributed by atoms with Crippen molar-refractivity contribution >= 4 is 11.6 Å². The summed E-state index contributed by atoms with van der Waals surface area (Å²) >= 11 is 0. The molecule has 0 saturated heterocycles. The zero-order valence-corrected chi connectivity index (χ0v) is 11.1. The second kappa shape index (κ2) is 6.05.